The number of aromatic nitrogens is 2. The summed E-state index contributed by atoms with van der Waals surface area (Å²) in [5, 5.41) is 16.1. The molecule has 1 aliphatic heterocycles. The van der Waals surface area contributed by atoms with E-state index in [0.717, 1.165) is 22.7 Å². The molecule has 0 radical (unpaired) electrons. The summed E-state index contributed by atoms with van der Waals surface area (Å²) in [5.74, 6) is -1.01. The fourth-order valence-corrected chi connectivity index (χ4v) is 2.77. The van der Waals surface area contributed by atoms with Crippen LogP contribution in [0.1, 0.15) is 11.1 Å². The number of carboxylic acid groups (broad SMARTS) is 1. The second-order valence-corrected chi connectivity index (χ2v) is 5.45. The largest absolute Gasteiger partial charge is 0.480 e. The SMILES string of the molecule is O=C(O)[C@@H]1Cc2ccccc2CN1C(=O)Nc1cnns1. The number of nitrogens with one attached hydrogen (secondary N) is 1. The molecule has 2 amide bonds. The average molecular weight is 304 g/mol. The van der Waals surface area contributed by atoms with Crippen LogP contribution in [-0.2, 0) is 17.8 Å². The summed E-state index contributed by atoms with van der Waals surface area (Å²) in [5.41, 5.74) is 1.93. The highest BCUT2D eigenvalue weighted by atomic mass is 32.1. The highest BCUT2D eigenvalue weighted by molar-refractivity contribution is 7.10. The van der Waals surface area contributed by atoms with E-state index in [-0.39, 0.29) is 6.54 Å². The lowest BCUT2D eigenvalue weighted by Gasteiger charge is -2.34. The van der Waals surface area contributed by atoms with Gasteiger partial charge >= 0.3 is 12.0 Å². The molecule has 2 heterocycles. The fraction of sp³-hybridized carbons (Fsp3) is 0.231. The fourth-order valence-electron chi connectivity index (χ4n) is 2.36. The van der Waals surface area contributed by atoms with E-state index >= 15 is 0 Å². The third kappa shape index (κ3) is 2.70. The second kappa shape index (κ2) is 5.49. The summed E-state index contributed by atoms with van der Waals surface area (Å²) < 4.78 is 3.65. The van der Waals surface area contributed by atoms with Crippen molar-refractivity contribution >= 4 is 28.5 Å². The van der Waals surface area contributed by atoms with Gasteiger partial charge in [-0.15, -0.1) is 5.10 Å². The highest BCUT2D eigenvalue weighted by Gasteiger charge is 2.34. The van der Waals surface area contributed by atoms with E-state index in [2.05, 4.69) is 14.9 Å². The standard InChI is InChI=1S/C13H12N4O3S/c18-12(19)10-5-8-3-1-2-4-9(8)7-17(10)13(20)15-11-6-14-16-21-11/h1-4,6,10H,5,7H2,(H,15,20)(H,18,19)/t10-/m0/s1. The van der Waals surface area contributed by atoms with Crippen LogP contribution in [0.5, 0.6) is 0 Å². The molecule has 3 rings (SSSR count). The molecular formula is C13H12N4O3S. The van der Waals surface area contributed by atoms with Crippen LogP contribution in [0.25, 0.3) is 0 Å². The van der Waals surface area contributed by atoms with E-state index in [1.807, 2.05) is 24.3 Å². The zero-order chi connectivity index (χ0) is 14.8. The highest BCUT2D eigenvalue weighted by Crippen LogP contribution is 2.24. The summed E-state index contributed by atoms with van der Waals surface area (Å²) in [7, 11) is 0. The third-order valence-corrected chi connectivity index (χ3v) is 3.97. The maximum Gasteiger partial charge on any atom is 0.326 e. The average Bonchev–Trinajstić information content (AvgIpc) is 2.98. The number of hydrogen-bond donors (Lipinski definition) is 2. The lowest BCUT2D eigenvalue weighted by atomic mass is 9.94. The molecule has 0 bridgehead atoms. The number of rotatable bonds is 2. The number of hydrogen-bond acceptors (Lipinski definition) is 5. The van der Waals surface area contributed by atoms with Crippen LogP contribution in [0, 0.1) is 0 Å². The van der Waals surface area contributed by atoms with Gasteiger partial charge in [0.1, 0.15) is 11.0 Å². The second-order valence-electron chi connectivity index (χ2n) is 4.67. The molecule has 2 N–H and O–H groups in total. The minimum atomic E-state index is -1.01. The molecule has 0 fully saturated rings. The van der Waals surface area contributed by atoms with E-state index in [1.54, 1.807) is 0 Å². The Bertz CT molecular complexity index is 674. The van der Waals surface area contributed by atoms with Crippen LogP contribution in [0.4, 0.5) is 9.80 Å². The molecule has 7 nitrogen and oxygen atoms in total. The molecule has 0 spiro atoms. The van der Waals surface area contributed by atoms with Gasteiger partial charge in [-0.05, 0) is 11.1 Å². The molecule has 21 heavy (non-hydrogen) atoms. The van der Waals surface area contributed by atoms with Crippen molar-refractivity contribution in [3.8, 4) is 0 Å². The summed E-state index contributed by atoms with van der Waals surface area (Å²) in [6.45, 7) is 0.269. The number of carboxylic acids is 1. The Kier molecular flexibility index (Phi) is 3.53. The number of nitrogens with zero attached hydrogens (tertiary/aromatic N) is 3. The number of carbonyl (C=O) groups excluding carboxylic acids is 1. The van der Waals surface area contributed by atoms with Crippen molar-refractivity contribution in [3.63, 3.8) is 0 Å². The van der Waals surface area contributed by atoms with E-state index in [9.17, 15) is 14.7 Å². The molecule has 8 heteroatoms. The van der Waals surface area contributed by atoms with Gasteiger partial charge in [0.2, 0.25) is 0 Å². The summed E-state index contributed by atoms with van der Waals surface area (Å²) in [6.07, 6.45) is 1.73. The quantitative estimate of drug-likeness (QED) is 0.878. The van der Waals surface area contributed by atoms with Gasteiger partial charge in [0.05, 0.1) is 6.20 Å². The van der Waals surface area contributed by atoms with Crippen molar-refractivity contribution in [1.82, 2.24) is 14.5 Å². The Morgan fingerprint density at radius 3 is 2.76 bits per heavy atom. The van der Waals surface area contributed by atoms with E-state index in [4.69, 9.17) is 0 Å². The Morgan fingerprint density at radius 1 is 1.33 bits per heavy atom. The molecule has 0 aliphatic carbocycles. The maximum atomic E-state index is 12.3. The van der Waals surface area contributed by atoms with Crippen LogP contribution >= 0.6 is 11.5 Å². The van der Waals surface area contributed by atoms with Crippen molar-refractivity contribution in [1.29, 1.82) is 0 Å². The van der Waals surface area contributed by atoms with Crippen LogP contribution in [0.3, 0.4) is 0 Å². The first kappa shape index (κ1) is 13.5. The Labute approximate surface area is 124 Å². The molecule has 1 aliphatic rings. The van der Waals surface area contributed by atoms with Crippen molar-refractivity contribution < 1.29 is 14.7 Å². The Morgan fingerprint density at radius 2 is 2.10 bits per heavy atom. The van der Waals surface area contributed by atoms with E-state index in [0.29, 0.717) is 11.4 Å². The molecule has 0 saturated carbocycles. The number of fused-ring (bicyclic) bond motifs is 1. The number of carbonyl (C=O) groups is 2. The molecule has 1 aromatic carbocycles. The van der Waals surface area contributed by atoms with Gasteiger partial charge in [-0.3, -0.25) is 5.32 Å². The number of benzene rings is 1. The first-order valence-electron chi connectivity index (χ1n) is 6.29. The van der Waals surface area contributed by atoms with Crippen molar-refractivity contribution in [3.05, 3.63) is 41.6 Å². The summed E-state index contributed by atoms with van der Waals surface area (Å²) in [6, 6.07) is 6.22. The molecule has 1 atom stereocenters. The van der Waals surface area contributed by atoms with Gasteiger partial charge in [0.15, 0.2) is 0 Å². The number of aliphatic carboxylic acids is 1. The molecule has 0 unspecified atom stereocenters. The summed E-state index contributed by atoms with van der Waals surface area (Å²) in [4.78, 5) is 25.1. The van der Waals surface area contributed by atoms with Gasteiger partial charge in [0.25, 0.3) is 0 Å². The predicted molar refractivity (Wildman–Crippen MR) is 76.0 cm³/mol. The van der Waals surface area contributed by atoms with Crippen LogP contribution in [0.2, 0.25) is 0 Å². The zero-order valence-corrected chi connectivity index (χ0v) is 11.7. The van der Waals surface area contributed by atoms with Crippen molar-refractivity contribution in [2.75, 3.05) is 5.32 Å². The molecule has 0 saturated heterocycles. The summed E-state index contributed by atoms with van der Waals surface area (Å²) >= 11 is 1.04. The lowest BCUT2D eigenvalue weighted by molar-refractivity contribution is -0.142. The Hall–Kier alpha value is -2.48. The molecular weight excluding hydrogens is 292 g/mol. The van der Waals surface area contributed by atoms with Gasteiger partial charge in [-0.1, -0.05) is 28.8 Å². The van der Waals surface area contributed by atoms with Crippen LogP contribution in [-0.4, -0.2) is 37.6 Å². The van der Waals surface area contributed by atoms with Crippen molar-refractivity contribution in [2.24, 2.45) is 0 Å². The van der Waals surface area contributed by atoms with Crippen LogP contribution in [0.15, 0.2) is 30.5 Å². The first-order valence-corrected chi connectivity index (χ1v) is 7.07. The minimum absolute atomic E-state index is 0.269. The lowest BCUT2D eigenvalue weighted by Crippen LogP contribution is -2.50. The minimum Gasteiger partial charge on any atom is -0.480 e. The third-order valence-electron chi connectivity index (χ3n) is 3.39. The molecule has 1 aromatic heterocycles. The topological polar surface area (TPSA) is 95.4 Å². The maximum absolute atomic E-state index is 12.3. The number of urea groups is 1. The first-order chi connectivity index (χ1) is 10.1. The van der Waals surface area contributed by atoms with E-state index < -0.39 is 18.0 Å². The number of amides is 2. The van der Waals surface area contributed by atoms with Crippen molar-refractivity contribution in [2.45, 2.75) is 19.0 Å². The van der Waals surface area contributed by atoms with Gasteiger partial charge in [-0.25, -0.2) is 9.59 Å². The Balaban J connectivity index is 1.85. The van der Waals surface area contributed by atoms with Gasteiger partial charge in [0, 0.05) is 24.5 Å². The zero-order valence-electron chi connectivity index (χ0n) is 10.9. The predicted octanol–water partition coefficient (Wildman–Crippen LogP) is 1.58. The molecule has 108 valence electrons. The molecule has 2 aromatic rings. The van der Waals surface area contributed by atoms with E-state index in [1.165, 1.54) is 11.1 Å². The van der Waals surface area contributed by atoms with Gasteiger partial charge < -0.3 is 10.0 Å². The van der Waals surface area contributed by atoms with Crippen LogP contribution < -0.4 is 5.32 Å². The monoisotopic (exact) mass is 304 g/mol. The number of anilines is 1. The smallest absolute Gasteiger partial charge is 0.326 e. The van der Waals surface area contributed by atoms with Gasteiger partial charge in [-0.2, -0.15) is 0 Å². The normalized spacial score (nSPS) is 17.1.